The second kappa shape index (κ2) is 5.19. The average Bonchev–Trinajstić information content (AvgIpc) is 2.89. The van der Waals surface area contributed by atoms with E-state index in [0.717, 1.165) is 10.1 Å². The van der Waals surface area contributed by atoms with Crippen LogP contribution in [0.5, 0.6) is 5.75 Å². The molecular weight excluding hydrogens is 262 g/mol. The van der Waals surface area contributed by atoms with Crippen LogP contribution >= 0.6 is 34.3 Å². The summed E-state index contributed by atoms with van der Waals surface area (Å²) in [6.45, 7) is 0. The molecule has 2 aromatic rings. The lowest BCUT2D eigenvalue weighted by atomic mass is 10.2. The van der Waals surface area contributed by atoms with Crippen molar-refractivity contribution in [1.29, 1.82) is 0 Å². The molecule has 2 aromatic heterocycles. The third-order valence-electron chi connectivity index (χ3n) is 2.31. The van der Waals surface area contributed by atoms with Crippen LogP contribution in [-0.4, -0.2) is 14.2 Å². The van der Waals surface area contributed by atoms with Gasteiger partial charge >= 0.3 is 0 Å². The molecule has 0 spiro atoms. The maximum atomic E-state index is 5.96. The van der Waals surface area contributed by atoms with Crippen LogP contribution in [0.2, 0.25) is 4.34 Å². The SMILES string of the molecule is CNC(c1ccc(Cl)s1)c1sccc1OC. The molecule has 16 heavy (non-hydrogen) atoms. The van der Waals surface area contributed by atoms with E-state index in [1.54, 1.807) is 29.8 Å². The molecule has 2 heterocycles. The molecule has 2 nitrogen and oxygen atoms in total. The minimum Gasteiger partial charge on any atom is -0.496 e. The first-order chi connectivity index (χ1) is 7.76. The van der Waals surface area contributed by atoms with E-state index in [4.69, 9.17) is 16.3 Å². The molecule has 0 amide bonds. The summed E-state index contributed by atoms with van der Waals surface area (Å²) < 4.78 is 6.15. The van der Waals surface area contributed by atoms with Crippen molar-refractivity contribution in [3.63, 3.8) is 0 Å². The van der Waals surface area contributed by atoms with Crippen LogP contribution in [0.3, 0.4) is 0 Å². The first kappa shape index (κ1) is 11.9. The van der Waals surface area contributed by atoms with Gasteiger partial charge in [0.25, 0.3) is 0 Å². The fourth-order valence-electron chi connectivity index (χ4n) is 1.57. The predicted octanol–water partition coefficient (Wildman–Crippen LogP) is 3.78. The van der Waals surface area contributed by atoms with Crippen LogP contribution in [0.15, 0.2) is 23.6 Å². The summed E-state index contributed by atoms with van der Waals surface area (Å²) in [6.07, 6.45) is 0. The van der Waals surface area contributed by atoms with Crippen molar-refractivity contribution in [2.45, 2.75) is 6.04 Å². The highest BCUT2D eigenvalue weighted by Crippen LogP contribution is 2.37. The zero-order valence-corrected chi connectivity index (χ0v) is 11.4. The zero-order valence-electron chi connectivity index (χ0n) is 8.99. The van der Waals surface area contributed by atoms with Gasteiger partial charge in [0.1, 0.15) is 5.75 Å². The molecular formula is C11H12ClNOS2. The summed E-state index contributed by atoms with van der Waals surface area (Å²) in [5.74, 6) is 0.925. The van der Waals surface area contributed by atoms with Crippen LogP contribution in [-0.2, 0) is 0 Å². The first-order valence-electron chi connectivity index (χ1n) is 4.80. The van der Waals surface area contributed by atoms with Crippen LogP contribution in [0.1, 0.15) is 15.8 Å². The Morgan fingerprint density at radius 2 is 2.19 bits per heavy atom. The molecule has 0 saturated heterocycles. The van der Waals surface area contributed by atoms with Gasteiger partial charge in [0.2, 0.25) is 0 Å². The lowest BCUT2D eigenvalue weighted by molar-refractivity contribution is 0.409. The highest BCUT2D eigenvalue weighted by molar-refractivity contribution is 7.16. The van der Waals surface area contributed by atoms with E-state index in [1.165, 1.54) is 9.75 Å². The number of thiophene rings is 2. The molecule has 86 valence electrons. The Bertz CT molecular complexity index is 466. The van der Waals surface area contributed by atoms with Crippen molar-refractivity contribution in [2.24, 2.45) is 0 Å². The zero-order chi connectivity index (χ0) is 11.5. The number of methoxy groups -OCH3 is 1. The Hall–Kier alpha value is -0.550. The van der Waals surface area contributed by atoms with E-state index in [-0.39, 0.29) is 6.04 Å². The normalized spacial score (nSPS) is 12.7. The van der Waals surface area contributed by atoms with Gasteiger partial charge in [-0.2, -0.15) is 0 Å². The van der Waals surface area contributed by atoms with E-state index in [2.05, 4.69) is 5.32 Å². The summed E-state index contributed by atoms with van der Waals surface area (Å²) in [5.41, 5.74) is 0. The standard InChI is InChI=1S/C11H12ClNOS2/c1-13-10(8-3-4-9(12)16-8)11-7(14-2)5-6-15-11/h3-6,10,13H,1-2H3. The topological polar surface area (TPSA) is 21.3 Å². The summed E-state index contributed by atoms with van der Waals surface area (Å²) in [4.78, 5) is 2.39. The van der Waals surface area contributed by atoms with Gasteiger partial charge in [-0.15, -0.1) is 22.7 Å². The predicted molar refractivity (Wildman–Crippen MR) is 71.1 cm³/mol. The Kier molecular flexibility index (Phi) is 3.86. The summed E-state index contributed by atoms with van der Waals surface area (Å²) in [5, 5.41) is 5.33. The number of nitrogens with one attached hydrogen (secondary N) is 1. The largest absolute Gasteiger partial charge is 0.496 e. The molecule has 2 rings (SSSR count). The third kappa shape index (κ3) is 2.25. The van der Waals surface area contributed by atoms with Gasteiger partial charge in [0.05, 0.1) is 22.4 Å². The second-order valence-electron chi connectivity index (χ2n) is 3.22. The summed E-state index contributed by atoms with van der Waals surface area (Å²) in [7, 11) is 3.64. The van der Waals surface area contributed by atoms with E-state index >= 15 is 0 Å². The highest BCUT2D eigenvalue weighted by Gasteiger charge is 2.19. The molecule has 0 radical (unpaired) electrons. The Morgan fingerprint density at radius 1 is 1.38 bits per heavy atom. The summed E-state index contributed by atoms with van der Waals surface area (Å²) in [6, 6.07) is 6.12. The van der Waals surface area contributed by atoms with Gasteiger partial charge in [0.15, 0.2) is 0 Å². The first-order valence-corrected chi connectivity index (χ1v) is 6.87. The number of hydrogen-bond acceptors (Lipinski definition) is 4. The fraction of sp³-hybridized carbons (Fsp3) is 0.273. The van der Waals surface area contributed by atoms with Crippen LogP contribution in [0, 0.1) is 0 Å². The van der Waals surface area contributed by atoms with Crippen molar-refractivity contribution in [3.05, 3.63) is 37.7 Å². The molecule has 1 unspecified atom stereocenters. The van der Waals surface area contributed by atoms with Gasteiger partial charge < -0.3 is 10.1 Å². The van der Waals surface area contributed by atoms with Crippen molar-refractivity contribution in [1.82, 2.24) is 5.32 Å². The van der Waals surface area contributed by atoms with Crippen molar-refractivity contribution in [3.8, 4) is 5.75 Å². The molecule has 0 fully saturated rings. The fourth-order valence-corrected chi connectivity index (χ4v) is 3.82. The second-order valence-corrected chi connectivity index (χ2v) is 5.91. The Balaban J connectivity index is 2.36. The van der Waals surface area contributed by atoms with Gasteiger partial charge in [-0.05, 0) is 30.6 Å². The van der Waals surface area contributed by atoms with Gasteiger partial charge in [0, 0.05) is 4.88 Å². The van der Waals surface area contributed by atoms with Gasteiger partial charge in [-0.3, -0.25) is 0 Å². The molecule has 1 N–H and O–H groups in total. The molecule has 5 heteroatoms. The van der Waals surface area contributed by atoms with Crippen LogP contribution < -0.4 is 10.1 Å². The molecule has 0 saturated carbocycles. The summed E-state index contributed by atoms with van der Waals surface area (Å²) >= 11 is 9.24. The van der Waals surface area contributed by atoms with Gasteiger partial charge in [-0.1, -0.05) is 11.6 Å². The van der Waals surface area contributed by atoms with E-state index in [9.17, 15) is 0 Å². The molecule has 0 bridgehead atoms. The lowest BCUT2D eigenvalue weighted by Crippen LogP contribution is -2.15. The van der Waals surface area contributed by atoms with E-state index in [0.29, 0.717) is 0 Å². The minimum atomic E-state index is 0.160. The monoisotopic (exact) mass is 273 g/mol. The third-order valence-corrected chi connectivity index (χ3v) is 4.57. The lowest BCUT2D eigenvalue weighted by Gasteiger charge is -2.14. The Morgan fingerprint density at radius 3 is 2.75 bits per heavy atom. The Labute approximate surface area is 108 Å². The number of hydrogen-bond donors (Lipinski definition) is 1. The van der Waals surface area contributed by atoms with Crippen LogP contribution in [0.25, 0.3) is 0 Å². The molecule has 0 aromatic carbocycles. The van der Waals surface area contributed by atoms with Gasteiger partial charge in [-0.25, -0.2) is 0 Å². The highest BCUT2D eigenvalue weighted by atomic mass is 35.5. The quantitative estimate of drug-likeness (QED) is 0.915. The number of halogens is 1. The molecule has 0 aliphatic carbocycles. The van der Waals surface area contributed by atoms with E-state index in [1.807, 2.05) is 30.6 Å². The molecule has 1 atom stereocenters. The molecule has 0 aliphatic heterocycles. The van der Waals surface area contributed by atoms with Crippen molar-refractivity contribution >= 4 is 34.3 Å². The number of rotatable bonds is 4. The maximum absolute atomic E-state index is 5.96. The maximum Gasteiger partial charge on any atom is 0.134 e. The average molecular weight is 274 g/mol. The van der Waals surface area contributed by atoms with Crippen LogP contribution in [0.4, 0.5) is 0 Å². The van der Waals surface area contributed by atoms with Crippen molar-refractivity contribution < 1.29 is 4.74 Å². The number of ether oxygens (including phenoxy) is 1. The molecule has 0 aliphatic rings. The van der Waals surface area contributed by atoms with E-state index < -0.39 is 0 Å². The minimum absolute atomic E-state index is 0.160. The van der Waals surface area contributed by atoms with Crippen molar-refractivity contribution in [2.75, 3.05) is 14.2 Å². The smallest absolute Gasteiger partial charge is 0.134 e.